The van der Waals surface area contributed by atoms with Gasteiger partial charge in [0, 0.05) is 0 Å². The highest BCUT2D eigenvalue weighted by atomic mass is 14.2. The molecule has 0 saturated heterocycles. The van der Waals surface area contributed by atoms with Crippen LogP contribution in [0.1, 0.15) is 61.6 Å². The molecule has 0 saturated carbocycles. The van der Waals surface area contributed by atoms with E-state index in [0.717, 1.165) is 5.92 Å². The van der Waals surface area contributed by atoms with Crippen LogP contribution in [-0.4, -0.2) is 0 Å². The molecule has 1 aliphatic rings. The van der Waals surface area contributed by atoms with Gasteiger partial charge in [0.05, 0.1) is 0 Å². The molecule has 1 aliphatic carbocycles. The first kappa shape index (κ1) is 16.1. The van der Waals surface area contributed by atoms with Crippen molar-refractivity contribution >= 4 is 0 Å². The average molecular weight is 304 g/mol. The van der Waals surface area contributed by atoms with E-state index in [1.165, 1.54) is 61.6 Å². The van der Waals surface area contributed by atoms with E-state index in [-0.39, 0.29) is 0 Å². The summed E-state index contributed by atoms with van der Waals surface area (Å²) in [7, 11) is 0. The van der Waals surface area contributed by atoms with Gasteiger partial charge in [-0.15, -0.1) is 0 Å². The van der Waals surface area contributed by atoms with Crippen LogP contribution in [0.25, 0.3) is 0 Å². The number of allylic oxidation sites excluding steroid dienone is 2. The minimum atomic E-state index is 0.728. The minimum Gasteiger partial charge on any atom is -0.0847 e. The van der Waals surface area contributed by atoms with E-state index in [9.17, 15) is 0 Å². The van der Waals surface area contributed by atoms with Crippen LogP contribution in [-0.2, 0) is 12.8 Å². The molecule has 120 valence electrons. The number of rotatable bonds is 6. The molecule has 0 nitrogen and oxygen atoms in total. The maximum absolute atomic E-state index is 2.51. The zero-order valence-electron chi connectivity index (χ0n) is 14.3. The fourth-order valence-electron chi connectivity index (χ4n) is 3.61. The van der Waals surface area contributed by atoms with Gasteiger partial charge in [-0.25, -0.2) is 0 Å². The molecule has 2 aromatic carbocycles. The van der Waals surface area contributed by atoms with E-state index in [1.807, 2.05) is 0 Å². The third-order valence-electron chi connectivity index (χ3n) is 5.07. The first-order chi connectivity index (χ1) is 11.3. The lowest BCUT2D eigenvalue weighted by Crippen LogP contribution is -2.05. The van der Waals surface area contributed by atoms with E-state index in [2.05, 4.69) is 67.6 Å². The molecule has 0 amide bonds. The summed E-state index contributed by atoms with van der Waals surface area (Å²) in [5, 5.41) is 0. The summed E-state index contributed by atoms with van der Waals surface area (Å²) in [5.41, 5.74) is 6.13. The van der Waals surface area contributed by atoms with Crippen LogP contribution < -0.4 is 0 Å². The first-order valence-corrected chi connectivity index (χ1v) is 9.16. The molecular formula is C23H28. The SMILES string of the molecule is CCCc1ccc(C2CC=C(CCc3ccccc3)CC2)cc1. The van der Waals surface area contributed by atoms with Gasteiger partial charge in [-0.2, -0.15) is 0 Å². The highest BCUT2D eigenvalue weighted by Crippen LogP contribution is 2.33. The predicted octanol–water partition coefficient (Wildman–Crippen LogP) is 6.47. The van der Waals surface area contributed by atoms with E-state index in [1.54, 1.807) is 5.57 Å². The second kappa shape index (κ2) is 8.15. The lowest BCUT2D eigenvalue weighted by atomic mass is 9.83. The van der Waals surface area contributed by atoms with Gasteiger partial charge in [-0.1, -0.05) is 79.6 Å². The molecule has 0 bridgehead atoms. The summed E-state index contributed by atoms with van der Waals surface area (Å²) in [6, 6.07) is 20.2. The quantitative estimate of drug-likeness (QED) is 0.537. The molecule has 0 fully saturated rings. The van der Waals surface area contributed by atoms with Crippen LogP contribution >= 0.6 is 0 Å². The third-order valence-corrected chi connectivity index (χ3v) is 5.07. The molecule has 0 spiro atoms. The van der Waals surface area contributed by atoms with E-state index >= 15 is 0 Å². The fraction of sp³-hybridized carbons (Fsp3) is 0.391. The zero-order chi connectivity index (χ0) is 15.9. The lowest BCUT2D eigenvalue weighted by Gasteiger charge is -2.22. The van der Waals surface area contributed by atoms with Crippen LogP contribution in [0.3, 0.4) is 0 Å². The van der Waals surface area contributed by atoms with Crippen LogP contribution in [0, 0.1) is 0 Å². The van der Waals surface area contributed by atoms with Crippen LogP contribution in [0.5, 0.6) is 0 Å². The Morgan fingerprint density at radius 3 is 2.22 bits per heavy atom. The van der Waals surface area contributed by atoms with Gasteiger partial charge in [0.15, 0.2) is 0 Å². The molecule has 0 radical (unpaired) electrons. The van der Waals surface area contributed by atoms with Gasteiger partial charge in [0.2, 0.25) is 0 Å². The molecule has 0 aromatic heterocycles. The lowest BCUT2D eigenvalue weighted by molar-refractivity contribution is 0.585. The van der Waals surface area contributed by atoms with Crippen molar-refractivity contribution in [1.29, 1.82) is 0 Å². The monoisotopic (exact) mass is 304 g/mol. The molecule has 0 heterocycles. The summed E-state index contributed by atoms with van der Waals surface area (Å²) in [6.45, 7) is 2.25. The Kier molecular flexibility index (Phi) is 5.69. The Morgan fingerprint density at radius 2 is 1.57 bits per heavy atom. The first-order valence-electron chi connectivity index (χ1n) is 9.16. The van der Waals surface area contributed by atoms with Crippen molar-refractivity contribution in [3.8, 4) is 0 Å². The largest absolute Gasteiger partial charge is 0.0847 e. The molecule has 3 rings (SSSR count). The van der Waals surface area contributed by atoms with Crippen molar-refractivity contribution in [3.63, 3.8) is 0 Å². The number of hydrogen-bond acceptors (Lipinski definition) is 0. The maximum atomic E-state index is 2.51. The maximum Gasteiger partial charge on any atom is -0.0124 e. The smallest absolute Gasteiger partial charge is 0.0124 e. The van der Waals surface area contributed by atoms with Crippen molar-refractivity contribution in [1.82, 2.24) is 0 Å². The summed E-state index contributed by atoms with van der Waals surface area (Å²) in [6.07, 6.45) is 11.2. The van der Waals surface area contributed by atoms with Crippen LogP contribution in [0.15, 0.2) is 66.2 Å². The Bertz CT molecular complexity index is 619. The van der Waals surface area contributed by atoms with Gasteiger partial charge < -0.3 is 0 Å². The van der Waals surface area contributed by atoms with Crippen LogP contribution in [0.2, 0.25) is 0 Å². The Balaban J connectivity index is 1.53. The molecule has 23 heavy (non-hydrogen) atoms. The summed E-state index contributed by atoms with van der Waals surface area (Å²) < 4.78 is 0. The highest BCUT2D eigenvalue weighted by molar-refractivity contribution is 5.28. The van der Waals surface area contributed by atoms with E-state index < -0.39 is 0 Å². The Hall–Kier alpha value is -1.82. The molecule has 0 heteroatoms. The summed E-state index contributed by atoms with van der Waals surface area (Å²) >= 11 is 0. The second-order valence-corrected chi connectivity index (χ2v) is 6.81. The number of benzene rings is 2. The van der Waals surface area contributed by atoms with Gasteiger partial charge >= 0.3 is 0 Å². The molecule has 0 N–H and O–H groups in total. The normalized spacial score (nSPS) is 17.8. The van der Waals surface area contributed by atoms with E-state index in [0.29, 0.717) is 0 Å². The molecule has 0 aliphatic heterocycles. The Labute approximate surface area is 141 Å². The van der Waals surface area contributed by atoms with Crippen molar-refractivity contribution in [2.45, 2.75) is 57.8 Å². The van der Waals surface area contributed by atoms with Gasteiger partial charge in [-0.05, 0) is 61.1 Å². The third kappa shape index (κ3) is 4.58. The molecular weight excluding hydrogens is 276 g/mol. The summed E-state index contributed by atoms with van der Waals surface area (Å²) in [5.74, 6) is 0.728. The number of hydrogen-bond donors (Lipinski definition) is 0. The number of aryl methyl sites for hydroxylation is 2. The van der Waals surface area contributed by atoms with Crippen molar-refractivity contribution in [3.05, 3.63) is 82.9 Å². The van der Waals surface area contributed by atoms with Gasteiger partial charge in [0.25, 0.3) is 0 Å². The van der Waals surface area contributed by atoms with Crippen molar-refractivity contribution in [2.24, 2.45) is 0 Å². The molecule has 1 atom stereocenters. The van der Waals surface area contributed by atoms with Gasteiger partial charge in [0.1, 0.15) is 0 Å². The average Bonchev–Trinajstić information content (AvgIpc) is 2.62. The highest BCUT2D eigenvalue weighted by Gasteiger charge is 2.16. The van der Waals surface area contributed by atoms with Crippen molar-refractivity contribution in [2.75, 3.05) is 0 Å². The van der Waals surface area contributed by atoms with Crippen LogP contribution in [0.4, 0.5) is 0 Å². The summed E-state index contributed by atoms with van der Waals surface area (Å²) in [4.78, 5) is 0. The van der Waals surface area contributed by atoms with E-state index in [4.69, 9.17) is 0 Å². The molecule has 2 aromatic rings. The molecule has 1 unspecified atom stereocenters. The standard InChI is InChI=1S/C23H28/c1-2-6-19-11-15-22(16-12-19)23-17-13-21(14-18-23)10-9-20-7-4-3-5-8-20/h3-5,7-8,11-13,15-16,23H,2,6,9-10,14,17-18H2,1H3. The topological polar surface area (TPSA) is 0 Å². The minimum absolute atomic E-state index is 0.728. The second-order valence-electron chi connectivity index (χ2n) is 6.81. The van der Waals surface area contributed by atoms with Gasteiger partial charge in [-0.3, -0.25) is 0 Å². The predicted molar refractivity (Wildman–Crippen MR) is 99.9 cm³/mol. The zero-order valence-corrected chi connectivity index (χ0v) is 14.3. The fourth-order valence-corrected chi connectivity index (χ4v) is 3.61. The Morgan fingerprint density at radius 1 is 0.826 bits per heavy atom. The van der Waals surface area contributed by atoms with Crippen molar-refractivity contribution < 1.29 is 0 Å².